The first-order valence-corrected chi connectivity index (χ1v) is 11.4. The largest absolute Gasteiger partial charge is 0.467 e. The number of imide groups is 1. The van der Waals surface area contributed by atoms with E-state index in [9.17, 15) is 14.4 Å². The van der Waals surface area contributed by atoms with Gasteiger partial charge in [-0.1, -0.05) is 36.4 Å². The SMILES string of the molecule is O=C(c1ccc2c(c1)C(=O)N(Cc1ccccc1)C2=O)N(Cc1ccco1)Cc1cccs1. The first kappa shape index (κ1) is 20.9. The summed E-state index contributed by atoms with van der Waals surface area (Å²) in [4.78, 5) is 43.3. The number of hydrogen-bond donors (Lipinski definition) is 0. The summed E-state index contributed by atoms with van der Waals surface area (Å²) in [7, 11) is 0. The summed E-state index contributed by atoms with van der Waals surface area (Å²) in [6, 6.07) is 21.6. The Morgan fingerprint density at radius 1 is 0.879 bits per heavy atom. The van der Waals surface area contributed by atoms with Crippen molar-refractivity contribution in [3.8, 4) is 0 Å². The number of amides is 3. The molecule has 3 heterocycles. The van der Waals surface area contributed by atoms with Crippen LogP contribution in [0.25, 0.3) is 0 Å². The summed E-state index contributed by atoms with van der Waals surface area (Å²) in [5, 5.41) is 1.96. The average Bonchev–Trinajstić information content (AvgIpc) is 3.59. The van der Waals surface area contributed by atoms with Crippen LogP contribution in [0.2, 0.25) is 0 Å². The Kier molecular flexibility index (Phi) is 5.62. The predicted molar refractivity (Wildman–Crippen MR) is 124 cm³/mol. The Bertz CT molecular complexity index is 1260. The third-order valence-corrected chi connectivity index (χ3v) is 6.40. The Balaban J connectivity index is 1.41. The molecule has 0 spiro atoms. The van der Waals surface area contributed by atoms with Gasteiger partial charge in [-0.2, -0.15) is 0 Å². The number of carbonyl (C=O) groups is 3. The van der Waals surface area contributed by atoms with Crippen LogP contribution in [0.5, 0.6) is 0 Å². The van der Waals surface area contributed by atoms with Crippen molar-refractivity contribution >= 4 is 29.1 Å². The second kappa shape index (κ2) is 8.88. The standard InChI is InChI=1S/C26H20N2O4S/c29-24(27(16-20-8-4-12-32-20)17-21-9-5-13-33-21)19-10-11-22-23(14-19)26(31)28(25(22)30)15-18-6-2-1-3-7-18/h1-14H,15-17H2. The van der Waals surface area contributed by atoms with Crippen molar-refractivity contribution in [2.45, 2.75) is 19.6 Å². The molecule has 0 bridgehead atoms. The molecule has 0 fully saturated rings. The summed E-state index contributed by atoms with van der Waals surface area (Å²) in [6.45, 7) is 0.911. The minimum Gasteiger partial charge on any atom is -0.467 e. The zero-order valence-electron chi connectivity index (χ0n) is 17.6. The normalized spacial score (nSPS) is 12.8. The highest BCUT2D eigenvalue weighted by Gasteiger charge is 2.36. The van der Waals surface area contributed by atoms with E-state index in [1.807, 2.05) is 53.9 Å². The summed E-state index contributed by atoms with van der Waals surface area (Å²) in [6.07, 6.45) is 1.57. The first-order chi connectivity index (χ1) is 16.1. The molecule has 1 aliphatic rings. The van der Waals surface area contributed by atoms with Gasteiger partial charge in [0.1, 0.15) is 5.76 Å². The Hall–Kier alpha value is -3.97. The van der Waals surface area contributed by atoms with Crippen LogP contribution in [0.4, 0.5) is 0 Å². The van der Waals surface area contributed by atoms with Crippen LogP contribution in [-0.2, 0) is 19.6 Å². The fourth-order valence-electron chi connectivity index (χ4n) is 3.90. The third kappa shape index (κ3) is 4.23. The molecule has 0 radical (unpaired) electrons. The molecule has 33 heavy (non-hydrogen) atoms. The van der Waals surface area contributed by atoms with E-state index in [1.165, 1.54) is 11.0 Å². The molecule has 2 aromatic heterocycles. The highest BCUT2D eigenvalue weighted by molar-refractivity contribution is 7.09. The zero-order valence-corrected chi connectivity index (χ0v) is 18.5. The fraction of sp³-hybridized carbons (Fsp3) is 0.115. The van der Waals surface area contributed by atoms with Gasteiger partial charge in [0, 0.05) is 10.4 Å². The van der Waals surface area contributed by atoms with Crippen LogP contribution in [0.3, 0.4) is 0 Å². The molecule has 5 rings (SSSR count). The average molecular weight is 457 g/mol. The Morgan fingerprint density at radius 2 is 1.70 bits per heavy atom. The fourth-order valence-corrected chi connectivity index (χ4v) is 4.62. The molecule has 7 heteroatoms. The van der Waals surface area contributed by atoms with Crippen molar-refractivity contribution in [2.24, 2.45) is 0 Å². The molecule has 0 N–H and O–H groups in total. The van der Waals surface area contributed by atoms with Gasteiger partial charge in [0.05, 0.1) is 37.0 Å². The van der Waals surface area contributed by atoms with Crippen molar-refractivity contribution in [2.75, 3.05) is 0 Å². The molecule has 1 aliphatic heterocycles. The van der Waals surface area contributed by atoms with Gasteiger partial charge in [-0.25, -0.2) is 0 Å². The molecule has 0 unspecified atom stereocenters. The van der Waals surface area contributed by atoms with Gasteiger partial charge in [-0.15, -0.1) is 11.3 Å². The van der Waals surface area contributed by atoms with E-state index >= 15 is 0 Å². The zero-order chi connectivity index (χ0) is 22.8. The highest BCUT2D eigenvalue weighted by Crippen LogP contribution is 2.27. The van der Waals surface area contributed by atoms with Crippen LogP contribution < -0.4 is 0 Å². The first-order valence-electron chi connectivity index (χ1n) is 10.5. The third-order valence-electron chi connectivity index (χ3n) is 5.54. The summed E-state index contributed by atoms with van der Waals surface area (Å²) in [5.74, 6) is -0.293. The van der Waals surface area contributed by atoms with Gasteiger partial charge >= 0.3 is 0 Å². The van der Waals surface area contributed by atoms with Gasteiger partial charge in [-0.3, -0.25) is 19.3 Å². The molecule has 6 nitrogen and oxygen atoms in total. The van der Waals surface area contributed by atoms with Crippen molar-refractivity contribution in [1.82, 2.24) is 9.80 Å². The summed E-state index contributed by atoms with van der Waals surface area (Å²) >= 11 is 1.57. The van der Waals surface area contributed by atoms with Crippen LogP contribution in [0.1, 0.15) is 47.3 Å². The van der Waals surface area contributed by atoms with E-state index in [4.69, 9.17) is 4.42 Å². The van der Waals surface area contributed by atoms with Crippen molar-refractivity contribution in [1.29, 1.82) is 0 Å². The van der Waals surface area contributed by atoms with Crippen LogP contribution >= 0.6 is 11.3 Å². The lowest BCUT2D eigenvalue weighted by Crippen LogP contribution is -2.30. The maximum Gasteiger partial charge on any atom is 0.261 e. The van der Waals surface area contributed by atoms with E-state index in [-0.39, 0.29) is 29.8 Å². The summed E-state index contributed by atoms with van der Waals surface area (Å²) in [5.41, 5.74) is 1.81. The number of fused-ring (bicyclic) bond motifs is 1. The number of furan rings is 1. The predicted octanol–water partition coefficient (Wildman–Crippen LogP) is 4.98. The molecule has 4 aromatic rings. The number of carbonyl (C=O) groups excluding carboxylic acids is 3. The smallest absolute Gasteiger partial charge is 0.261 e. The van der Waals surface area contributed by atoms with Gasteiger partial charge < -0.3 is 9.32 Å². The topological polar surface area (TPSA) is 70.8 Å². The van der Waals surface area contributed by atoms with Gasteiger partial charge in [0.15, 0.2) is 0 Å². The molecule has 2 aromatic carbocycles. The number of benzene rings is 2. The number of hydrogen-bond acceptors (Lipinski definition) is 5. The maximum absolute atomic E-state index is 13.4. The Labute approximate surface area is 194 Å². The van der Waals surface area contributed by atoms with Crippen molar-refractivity contribution in [3.05, 3.63) is 117 Å². The van der Waals surface area contributed by atoms with Gasteiger partial charge in [0.2, 0.25) is 0 Å². The molecule has 0 aliphatic carbocycles. The van der Waals surface area contributed by atoms with Crippen molar-refractivity contribution in [3.63, 3.8) is 0 Å². The van der Waals surface area contributed by atoms with E-state index in [0.29, 0.717) is 30.0 Å². The van der Waals surface area contributed by atoms with E-state index < -0.39 is 0 Å². The summed E-state index contributed by atoms with van der Waals surface area (Å²) < 4.78 is 5.45. The van der Waals surface area contributed by atoms with Gasteiger partial charge in [0.25, 0.3) is 17.7 Å². The molecule has 0 atom stereocenters. The molecular formula is C26H20N2O4S. The van der Waals surface area contributed by atoms with E-state index in [2.05, 4.69) is 0 Å². The minimum absolute atomic E-state index is 0.194. The molecule has 164 valence electrons. The van der Waals surface area contributed by atoms with E-state index in [1.54, 1.807) is 40.7 Å². The second-order valence-corrected chi connectivity index (χ2v) is 8.79. The number of nitrogens with zero attached hydrogens (tertiary/aromatic N) is 2. The molecule has 0 saturated heterocycles. The lowest BCUT2D eigenvalue weighted by atomic mass is 10.0. The minimum atomic E-state index is -0.385. The lowest BCUT2D eigenvalue weighted by molar-refractivity contribution is 0.0642. The molecule has 0 saturated carbocycles. The monoisotopic (exact) mass is 456 g/mol. The van der Waals surface area contributed by atoms with Crippen molar-refractivity contribution < 1.29 is 18.8 Å². The van der Waals surface area contributed by atoms with Gasteiger partial charge in [-0.05, 0) is 47.3 Å². The van der Waals surface area contributed by atoms with Crippen LogP contribution in [-0.4, -0.2) is 27.5 Å². The molecular weight excluding hydrogens is 436 g/mol. The highest BCUT2D eigenvalue weighted by atomic mass is 32.1. The number of rotatable bonds is 7. The maximum atomic E-state index is 13.4. The Morgan fingerprint density at radius 3 is 2.42 bits per heavy atom. The van der Waals surface area contributed by atoms with Crippen LogP contribution in [0.15, 0.2) is 88.9 Å². The molecule has 3 amide bonds. The quantitative estimate of drug-likeness (QED) is 0.368. The lowest BCUT2D eigenvalue weighted by Gasteiger charge is -2.21. The van der Waals surface area contributed by atoms with E-state index in [0.717, 1.165) is 10.4 Å². The number of thiophene rings is 1. The second-order valence-electron chi connectivity index (χ2n) is 7.76. The van der Waals surface area contributed by atoms with Crippen LogP contribution in [0, 0.1) is 0 Å².